The van der Waals surface area contributed by atoms with Crippen molar-refractivity contribution < 1.29 is 4.42 Å². The van der Waals surface area contributed by atoms with Crippen LogP contribution in [0.5, 0.6) is 0 Å². The molecule has 0 aliphatic rings. The minimum atomic E-state index is 0.366. The number of hydrogen-bond donors (Lipinski definition) is 1. The number of nitrogens with one attached hydrogen (secondary N) is 1. The number of allylic oxidation sites excluding steroid dienone is 2. The molecule has 0 aromatic carbocycles. The molecule has 0 aliphatic heterocycles. The van der Waals surface area contributed by atoms with Gasteiger partial charge in [-0.05, 0) is 36.4 Å². The van der Waals surface area contributed by atoms with Crippen LogP contribution in [-0.2, 0) is 0 Å². The topological polar surface area (TPSA) is 28.9 Å². The highest BCUT2D eigenvalue weighted by Crippen LogP contribution is 2.15. The Morgan fingerprint density at radius 2 is 2.29 bits per heavy atom. The summed E-state index contributed by atoms with van der Waals surface area (Å²) >= 11 is 4.89. The van der Waals surface area contributed by atoms with Gasteiger partial charge in [0.1, 0.15) is 0 Å². The van der Waals surface area contributed by atoms with Crippen LogP contribution < -0.4 is 0 Å². The van der Waals surface area contributed by atoms with Gasteiger partial charge in [-0.15, -0.1) is 0 Å². The summed E-state index contributed by atoms with van der Waals surface area (Å²) in [4.78, 5) is 3.31. The van der Waals surface area contributed by atoms with Crippen molar-refractivity contribution in [2.45, 2.75) is 13.3 Å². The standard InChI is InChI=1S/C11H13NOS/c1-4-8(5-2)7-9-10(6-3)13-11(14)12-9/h4,6-7H,1,3,5H2,2H3,(H,12,14)/b8-7+. The molecule has 2 nitrogen and oxygen atoms in total. The summed E-state index contributed by atoms with van der Waals surface area (Å²) in [5.41, 5.74) is 1.97. The van der Waals surface area contributed by atoms with Gasteiger partial charge in [-0.25, -0.2) is 0 Å². The first kappa shape index (κ1) is 10.7. The second kappa shape index (κ2) is 4.77. The van der Waals surface area contributed by atoms with Crippen LogP contribution in [0.2, 0.25) is 0 Å². The first-order chi connectivity index (χ1) is 6.71. The molecular formula is C11H13NOS. The molecule has 3 heteroatoms. The molecule has 0 amide bonds. The summed E-state index contributed by atoms with van der Waals surface area (Å²) in [7, 11) is 0. The van der Waals surface area contributed by atoms with E-state index in [1.807, 2.05) is 12.2 Å². The highest BCUT2D eigenvalue weighted by molar-refractivity contribution is 7.71. The van der Waals surface area contributed by atoms with Gasteiger partial charge >= 0.3 is 0 Å². The first-order valence-corrected chi connectivity index (χ1v) is 4.80. The van der Waals surface area contributed by atoms with Crippen molar-refractivity contribution in [3.05, 3.63) is 41.1 Å². The quantitative estimate of drug-likeness (QED) is 0.598. The predicted octanol–water partition coefficient (Wildman–Crippen LogP) is 3.96. The summed E-state index contributed by atoms with van der Waals surface area (Å²) < 4.78 is 5.22. The second-order valence-corrected chi connectivity index (χ2v) is 3.14. The maximum absolute atomic E-state index is 5.22. The van der Waals surface area contributed by atoms with Gasteiger partial charge in [0, 0.05) is 0 Å². The van der Waals surface area contributed by atoms with Crippen LogP contribution >= 0.6 is 12.2 Å². The van der Waals surface area contributed by atoms with E-state index in [0.29, 0.717) is 10.6 Å². The molecule has 1 aromatic heterocycles. The monoisotopic (exact) mass is 207 g/mol. The third-order valence-electron chi connectivity index (χ3n) is 1.89. The number of aromatic amines is 1. The van der Waals surface area contributed by atoms with Crippen molar-refractivity contribution >= 4 is 24.4 Å². The lowest BCUT2D eigenvalue weighted by Crippen LogP contribution is -1.79. The Hall–Kier alpha value is -1.35. The van der Waals surface area contributed by atoms with E-state index in [-0.39, 0.29) is 0 Å². The summed E-state index contributed by atoms with van der Waals surface area (Å²) in [6.07, 6.45) is 6.33. The van der Waals surface area contributed by atoms with Crippen molar-refractivity contribution in [1.29, 1.82) is 0 Å². The van der Waals surface area contributed by atoms with Crippen molar-refractivity contribution in [2.24, 2.45) is 0 Å². The third-order valence-corrected chi connectivity index (χ3v) is 2.08. The van der Waals surface area contributed by atoms with Gasteiger partial charge < -0.3 is 9.40 Å². The van der Waals surface area contributed by atoms with E-state index in [1.165, 1.54) is 0 Å². The van der Waals surface area contributed by atoms with Crippen molar-refractivity contribution in [2.75, 3.05) is 0 Å². The van der Waals surface area contributed by atoms with E-state index in [9.17, 15) is 0 Å². The van der Waals surface area contributed by atoms with Crippen LogP contribution in [0.25, 0.3) is 12.2 Å². The van der Waals surface area contributed by atoms with Gasteiger partial charge in [-0.3, -0.25) is 0 Å². The van der Waals surface area contributed by atoms with Crippen LogP contribution in [-0.4, -0.2) is 4.98 Å². The van der Waals surface area contributed by atoms with Gasteiger partial charge in [0.05, 0.1) is 5.69 Å². The van der Waals surface area contributed by atoms with Gasteiger partial charge in [-0.2, -0.15) is 0 Å². The third kappa shape index (κ3) is 2.33. The first-order valence-electron chi connectivity index (χ1n) is 4.39. The molecule has 0 saturated heterocycles. The number of oxazole rings is 1. The Kier molecular flexibility index (Phi) is 3.65. The number of rotatable bonds is 4. The molecule has 1 N–H and O–H groups in total. The molecule has 0 spiro atoms. The number of aromatic nitrogens is 1. The van der Waals surface area contributed by atoms with Gasteiger partial charge in [0.2, 0.25) is 0 Å². The molecule has 0 saturated carbocycles. The fourth-order valence-electron chi connectivity index (χ4n) is 1.10. The van der Waals surface area contributed by atoms with E-state index in [0.717, 1.165) is 17.7 Å². The highest BCUT2D eigenvalue weighted by Gasteiger charge is 2.01. The molecule has 0 radical (unpaired) electrons. The molecule has 0 fully saturated rings. The van der Waals surface area contributed by atoms with Gasteiger partial charge in [0.25, 0.3) is 4.84 Å². The van der Waals surface area contributed by atoms with Crippen LogP contribution in [0.4, 0.5) is 0 Å². The van der Waals surface area contributed by atoms with Gasteiger partial charge in [0.15, 0.2) is 5.76 Å². The lowest BCUT2D eigenvalue weighted by molar-refractivity contribution is 0.531. The molecule has 0 aliphatic carbocycles. The zero-order chi connectivity index (χ0) is 10.6. The molecule has 1 rings (SSSR count). The average Bonchev–Trinajstić information content (AvgIpc) is 2.55. The van der Waals surface area contributed by atoms with Crippen LogP contribution in [0.1, 0.15) is 24.8 Å². The molecule has 0 unspecified atom stereocenters. The van der Waals surface area contributed by atoms with E-state index in [2.05, 4.69) is 25.1 Å². The van der Waals surface area contributed by atoms with Crippen LogP contribution in [0.3, 0.4) is 0 Å². The Bertz CT molecular complexity index is 423. The molecule has 74 valence electrons. The summed E-state index contributed by atoms with van der Waals surface area (Å²) in [5.74, 6) is 0.669. The van der Waals surface area contributed by atoms with Crippen molar-refractivity contribution in [3.8, 4) is 0 Å². The van der Waals surface area contributed by atoms with Crippen molar-refractivity contribution in [3.63, 3.8) is 0 Å². The number of hydrogen-bond acceptors (Lipinski definition) is 2. The zero-order valence-corrected chi connectivity index (χ0v) is 8.99. The Morgan fingerprint density at radius 1 is 1.57 bits per heavy atom. The zero-order valence-electron chi connectivity index (χ0n) is 8.17. The van der Waals surface area contributed by atoms with Gasteiger partial charge in [-0.1, -0.05) is 26.2 Å². The highest BCUT2D eigenvalue weighted by atomic mass is 32.1. The fraction of sp³-hybridized carbons (Fsp3) is 0.182. The lowest BCUT2D eigenvalue weighted by Gasteiger charge is -1.94. The summed E-state index contributed by atoms with van der Waals surface area (Å²) in [6, 6.07) is 0. The van der Waals surface area contributed by atoms with E-state index < -0.39 is 0 Å². The number of H-pyrrole nitrogens is 1. The average molecular weight is 207 g/mol. The largest absolute Gasteiger partial charge is 0.429 e. The van der Waals surface area contributed by atoms with E-state index >= 15 is 0 Å². The van der Waals surface area contributed by atoms with Crippen molar-refractivity contribution in [1.82, 2.24) is 4.98 Å². The molecule has 14 heavy (non-hydrogen) atoms. The fourth-order valence-corrected chi connectivity index (χ4v) is 1.30. The second-order valence-electron chi connectivity index (χ2n) is 2.77. The molecule has 1 aromatic rings. The van der Waals surface area contributed by atoms with E-state index in [4.69, 9.17) is 16.6 Å². The maximum atomic E-state index is 5.22. The molecular weight excluding hydrogens is 194 g/mol. The lowest BCUT2D eigenvalue weighted by atomic mass is 10.1. The Balaban J connectivity index is 3.18. The predicted molar refractivity (Wildman–Crippen MR) is 62.4 cm³/mol. The molecule has 1 heterocycles. The molecule has 0 atom stereocenters. The normalized spacial score (nSPS) is 11.4. The van der Waals surface area contributed by atoms with Crippen LogP contribution in [0, 0.1) is 4.84 Å². The van der Waals surface area contributed by atoms with Crippen LogP contribution in [0.15, 0.2) is 29.2 Å². The van der Waals surface area contributed by atoms with E-state index in [1.54, 1.807) is 6.08 Å². The Labute approximate surface area is 88.7 Å². The summed E-state index contributed by atoms with van der Waals surface area (Å²) in [6.45, 7) is 9.44. The minimum Gasteiger partial charge on any atom is -0.429 e. The smallest absolute Gasteiger partial charge is 0.266 e. The summed E-state index contributed by atoms with van der Waals surface area (Å²) in [5, 5.41) is 0. The minimum absolute atomic E-state index is 0.366. The Morgan fingerprint density at radius 3 is 2.79 bits per heavy atom. The maximum Gasteiger partial charge on any atom is 0.266 e. The SMILES string of the molecule is C=C/C(=C\c1[nH]c(=S)oc1C=C)CC. The molecule has 0 bridgehead atoms.